The molecule has 1 aliphatic carbocycles. The summed E-state index contributed by atoms with van der Waals surface area (Å²) in [4.78, 5) is 5.05. The van der Waals surface area contributed by atoms with Crippen LogP contribution in [0.3, 0.4) is 0 Å². The highest BCUT2D eigenvalue weighted by Crippen LogP contribution is 2.28. The van der Waals surface area contributed by atoms with E-state index in [-0.39, 0.29) is 0 Å². The van der Waals surface area contributed by atoms with Crippen molar-refractivity contribution in [2.45, 2.75) is 45.6 Å². The van der Waals surface area contributed by atoms with Gasteiger partial charge in [-0.25, -0.2) is 0 Å². The summed E-state index contributed by atoms with van der Waals surface area (Å²) in [5, 5.41) is 3.83. The van der Waals surface area contributed by atoms with E-state index in [1.54, 1.807) is 0 Å². The fourth-order valence-electron chi connectivity index (χ4n) is 3.73. The summed E-state index contributed by atoms with van der Waals surface area (Å²) in [5.41, 5.74) is 0. The second kappa shape index (κ2) is 7.61. The minimum atomic E-state index is 0.765. The standard InChI is InChI=1S/C16H33N3/c1-14-6-4-7-15(2)16(14)17-8-5-9-19-12-10-18(3)11-13-19/h14-17H,4-13H2,1-3H3. The molecule has 0 amide bonds. The number of nitrogens with zero attached hydrogens (tertiary/aromatic N) is 2. The molecule has 2 aliphatic rings. The Morgan fingerprint density at radius 3 is 2.26 bits per heavy atom. The van der Waals surface area contributed by atoms with E-state index in [0.717, 1.165) is 17.9 Å². The first-order valence-electron chi connectivity index (χ1n) is 8.31. The van der Waals surface area contributed by atoms with Crippen LogP contribution in [0, 0.1) is 11.8 Å². The van der Waals surface area contributed by atoms with Gasteiger partial charge in [-0.15, -0.1) is 0 Å². The third-order valence-corrected chi connectivity index (χ3v) is 5.17. The Morgan fingerprint density at radius 1 is 1.00 bits per heavy atom. The molecule has 19 heavy (non-hydrogen) atoms. The summed E-state index contributed by atoms with van der Waals surface area (Å²) < 4.78 is 0. The molecule has 1 N–H and O–H groups in total. The molecule has 0 aromatic carbocycles. The smallest absolute Gasteiger partial charge is 0.0118 e. The maximum atomic E-state index is 3.83. The fraction of sp³-hybridized carbons (Fsp3) is 1.00. The summed E-state index contributed by atoms with van der Waals surface area (Å²) in [6.45, 7) is 12.3. The lowest BCUT2D eigenvalue weighted by molar-refractivity contribution is 0.149. The van der Waals surface area contributed by atoms with Gasteiger partial charge < -0.3 is 15.1 Å². The average molecular weight is 267 g/mol. The first-order valence-corrected chi connectivity index (χ1v) is 8.31. The Kier molecular flexibility index (Phi) is 6.11. The Morgan fingerprint density at radius 2 is 1.63 bits per heavy atom. The molecule has 1 heterocycles. The maximum Gasteiger partial charge on any atom is 0.0118 e. The van der Waals surface area contributed by atoms with Crippen LogP contribution in [-0.4, -0.2) is 62.2 Å². The highest BCUT2D eigenvalue weighted by Gasteiger charge is 2.26. The van der Waals surface area contributed by atoms with E-state index >= 15 is 0 Å². The lowest BCUT2D eigenvalue weighted by Gasteiger charge is -2.36. The van der Waals surface area contributed by atoms with Crippen LogP contribution in [0.25, 0.3) is 0 Å². The van der Waals surface area contributed by atoms with Gasteiger partial charge in [0.05, 0.1) is 0 Å². The van der Waals surface area contributed by atoms with Gasteiger partial charge in [0, 0.05) is 32.2 Å². The molecular weight excluding hydrogens is 234 g/mol. The monoisotopic (exact) mass is 267 g/mol. The molecule has 112 valence electrons. The summed E-state index contributed by atoms with van der Waals surface area (Å²) in [7, 11) is 2.23. The summed E-state index contributed by atoms with van der Waals surface area (Å²) in [5.74, 6) is 1.74. The molecule has 0 aromatic rings. The van der Waals surface area contributed by atoms with Gasteiger partial charge in [0.25, 0.3) is 0 Å². The van der Waals surface area contributed by atoms with Gasteiger partial charge in [0.2, 0.25) is 0 Å². The summed E-state index contributed by atoms with van der Waals surface area (Å²) in [6, 6.07) is 0.765. The zero-order chi connectivity index (χ0) is 13.7. The Labute approximate surface area is 119 Å². The van der Waals surface area contributed by atoms with Gasteiger partial charge in [-0.1, -0.05) is 20.3 Å². The molecule has 0 aromatic heterocycles. The van der Waals surface area contributed by atoms with E-state index in [0.29, 0.717) is 0 Å². The van der Waals surface area contributed by atoms with Crippen molar-refractivity contribution >= 4 is 0 Å². The molecule has 2 unspecified atom stereocenters. The summed E-state index contributed by atoms with van der Waals surface area (Å²) in [6.07, 6.45) is 5.57. The van der Waals surface area contributed by atoms with Crippen molar-refractivity contribution in [3.05, 3.63) is 0 Å². The predicted octanol–water partition coefficient (Wildman–Crippen LogP) is 2.04. The van der Waals surface area contributed by atoms with Gasteiger partial charge in [-0.2, -0.15) is 0 Å². The second-order valence-corrected chi connectivity index (χ2v) is 6.86. The molecule has 1 saturated carbocycles. The highest BCUT2D eigenvalue weighted by atomic mass is 15.2. The third-order valence-electron chi connectivity index (χ3n) is 5.17. The predicted molar refractivity (Wildman–Crippen MR) is 82.5 cm³/mol. The van der Waals surface area contributed by atoms with Crippen LogP contribution >= 0.6 is 0 Å². The van der Waals surface area contributed by atoms with Crippen molar-refractivity contribution < 1.29 is 0 Å². The van der Waals surface area contributed by atoms with Crippen LogP contribution in [0.1, 0.15) is 39.5 Å². The number of hydrogen-bond donors (Lipinski definition) is 1. The van der Waals surface area contributed by atoms with Crippen LogP contribution in [0.2, 0.25) is 0 Å². The van der Waals surface area contributed by atoms with Gasteiger partial charge in [0.1, 0.15) is 0 Å². The lowest BCUT2D eigenvalue weighted by atomic mass is 9.79. The van der Waals surface area contributed by atoms with Crippen LogP contribution in [0.4, 0.5) is 0 Å². The van der Waals surface area contributed by atoms with Gasteiger partial charge in [-0.05, 0) is 51.2 Å². The Balaban J connectivity index is 1.58. The first-order chi connectivity index (χ1) is 9.16. The van der Waals surface area contributed by atoms with E-state index < -0.39 is 0 Å². The van der Waals surface area contributed by atoms with Gasteiger partial charge in [-0.3, -0.25) is 0 Å². The van der Waals surface area contributed by atoms with Crippen LogP contribution in [0.15, 0.2) is 0 Å². The number of likely N-dealkylation sites (N-methyl/N-ethyl adjacent to an activating group) is 1. The molecule has 0 bridgehead atoms. The van der Waals surface area contributed by atoms with Crippen molar-refractivity contribution in [3.63, 3.8) is 0 Å². The van der Waals surface area contributed by atoms with Gasteiger partial charge in [0.15, 0.2) is 0 Å². The normalized spacial score (nSPS) is 34.6. The SMILES string of the molecule is CC1CCCC(C)C1NCCCN1CCN(C)CC1. The number of piperazine rings is 1. The highest BCUT2D eigenvalue weighted by molar-refractivity contribution is 4.83. The van der Waals surface area contributed by atoms with Crippen molar-refractivity contribution in [2.24, 2.45) is 11.8 Å². The molecule has 2 fully saturated rings. The van der Waals surface area contributed by atoms with E-state index in [2.05, 4.69) is 36.0 Å². The lowest BCUT2D eigenvalue weighted by Crippen LogP contribution is -2.46. The fourth-order valence-corrected chi connectivity index (χ4v) is 3.73. The molecular formula is C16H33N3. The molecule has 0 radical (unpaired) electrons. The molecule has 1 saturated heterocycles. The minimum absolute atomic E-state index is 0.765. The number of rotatable bonds is 5. The van der Waals surface area contributed by atoms with Crippen molar-refractivity contribution in [3.8, 4) is 0 Å². The van der Waals surface area contributed by atoms with E-state index in [1.165, 1.54) is 65.0 Å². The largest absolute Gasteiger partial charge is 0.313 e. The van der Waals surface area contributed by atoms with Crippen molar-refractivity contribution in [2.75, 3.05) is 46.3 Å². The maximum absolute atomic E-state index is 3.83. The zero-order valence-corrected chi connectivity index (χ0v) is 13.2. The quantitative estimate of drug-likeness (QED) is 0.769. The number of hydrogen-bond acceptors (Lipinski definition) is 3. The van der Waals surface area contributed by atoms with Crippen LogP contribution in [-0.2, 0) is 0 Å². The second-order valence-electron chi connectivity index (χ2n) is 6.86. The van der Waals surface area contributed by atoms with Crippen molar-refractivity contribution in [1.82, 2.24) is 15.1 Å². The Bertz CT molecular complexity index is 238. The molecule has 0 spiro atoms. The van der Waals surface area contributed by atoms with E-state index in [9.17, 15) is 0 Å². The van der Waals surface area contributed by atoms with Crippen LogP contribution in [0.5, 0.6) is 0 Å². The third kappa shape index (κ3) is 4.73. The van der Waals surface area contributed by atoms with Crippen molar-refractivity contribution in [1.29, 1.82) is 0 Å². The Hall–Kier alpha value is -0.120. The minimum Gasteiger partial charge on any atom is -0.313 e. The van der Waals surface area contributed by atoms with E-state index in [4.69, 9.17) is 0 Å². The average Bonchev–Trinajstić information content (AvgIpc) is 2.39. The van der Waals surface area contributed by atoms with E-state index in [1.807, 2.05) is 0 Å². The molecule has 2 atom stereocenters. The summed E-state index contributed by atoms with van der Waals surface area (Å²) >= 11 is 0. The molecule has 3 heteroatoms. The first kappa shape index (κ1) is 15.3. The number of nitrogens with one attached hydrogen (secondary N) is 1. The van der Waals surface area contributed by atoms with Crippen LogP contribution < -0.4 is 5.32 Å². The molecule has 1 aliphatic heterocycles. The molecule has 2 rings (SSSR count). The zero-order valence-electron chi connectivity index (χ0n) is 13.2. The van der Waals surface area contributed by atoms with Gasteiger partial charge >= 0.3 is 0 Å². The topological polar surface area (TPSA) is 18.5 Å². The molecule has 3 nitrogen and oxygen atoms in total.